The maximum absolute atomic E-state index is 13.3. The molecule has 0 spiro atoms. The van der Waals surface area contributed by atoms with Crippen molar-refractivity contribution in [2.75, 3.05) is 6.54 Å². The van der Waals surface area contributed by atoms with Crippen molar-refractivity contribution < 1.29 is 9.18 Å². The number of aryl methyl sites for hydroxylation is 1. The van der Waals surface area contributed by atoms with Gasteiger partial charge in [-0.3, -0.25) is 4.79 Å². The lowest BCUT2D eigenvalue weighted by molar-refractivity contribution is 0.0740. The molecule has 0 bridgehead atoms. The van der Waals surface area contributed by atoms with Crippen LogP contribution >= 0.6 is 11.3 Å². The van der Waals surface area contributed by atoms with Gasteiger partial charge in [-0.2, -0.15) is 0 Å². The number of amides is 1. The molecule has 1 aliphatic rings. The van der Waals surface area contributed by atoms with Crippen molar-refractivity contribution in [2.24, 2.45) is 0 Å². The molecule has 132 valence electrons. The topological polar surface area (TPSA) is 20.3 Å². The van der Waals surface area contributed by atoms with Crippen LogP contribution < -0.4 is 0 Å². The monoisotopic (exact) mass is 365 g/mol. The van der Waals surface area contributed by atoms with E-state index in [0.717, 1.165) is 46.5 Å². The quantitative estimate of drug-likeness (QED) is 0.571. The SMILES string of the molecule is Cc1ccsc1C(=O)N1CCC[C@@H]1c1ccccc1-c1ccc(F)cc1. The maximum atomic E-state index is 13.3. The summed E-state index contributed by atoms with van der Waals surface area (Å²) in [5.74, 6) is -0.119. The Balaban J connectivity index is 1.72. The van der Waals surface area contributed by atoms with Crippen LogP contribution in [0.2, 0.25) is 0 Å². The first-order valence-corrected chi connectivity index (χ1v) is 9.73. The molecule has 0 saturated carbocycles. The van der Waals surface area contributed by atoms with E-state index in [1.54, 1.807) is 12.1 Å². The molecule has 0 unspecified atom stereocenters. The highest BCUT2D eigenvalue weighted by Crippen LogP contribution is 2.39. The first-order chi connectivity index (χ1) is 12.6. The number of hydrogen-bond acceptors (Lipinski definition) is 2. The maximum Gasteiger partial charge on any atom is 0.264 e. The Morgan fingerprint density at radius 3 is 2.62 bits per heavy atom. The summed E-state index contributed by atoms with van der Waals surface area (Å²) in [6, 6.07) is 16.8. The molecular formula is C22H20FNOS. The second kappa shape index (κ2) is 7.04. The Hall–Kier alpha value is -2.46. The Bertz CT molecular complexity index is 931. The molecule has 0 aliphatic carbocycles. The fourth-order valence-corrected chi connectivity index (χ4v) is 4.62. The van der Waals surface area contributed by atoms with Gasteiger partial charge < -0.3 is 4.90 Å². The smallest absolute Gasteiger partial charge is 0.264 e. The van der Waals surface area contributed by atoms with Crippen molar-refractivity contribution in [1.29, 1.82) is 0 Å². The lowest BCUT2D eigenvalue weighted by Crippen LogP contribution is -2.30. The van der Waals surface area contributed by atoms with Crippen LogP contribution in [-0.2, 0) is 0 Å². The van der Waals surface area contributed by atoms with E-state index in [4.69, 9.17) is 0 Å². The Morgan fingerprint density at radius 2 is 1.88 bits per heavy atom. The number of likely N-dealkylation sites (tertiary alicyclic amines) is 1. The van der Waals surface area contributed by atoms with E-state index in [1.807, 2.05) is 35.4 Å². The molecule has 3 aromatic rings. The predicted octanol–water partition coefficient (Wildman–Crippen LogP) is 5.84. The van der Waals surface area contributed by atoms with Crippen LogP contribution in [0.25, 0.3) is 11.1 Å². The number of thiophene rings is 1. The average molecular weight is 365 g/mol. The van der Waals surface area contributed by atoms with Gasteiger partial charge in [-0.1, -0.05) is 36.4 Å². The summed E-state index contributed by atoms with van der Waals surface area (Å²) in [6.45, 7) is 2.76. The van der Waals surface area contributed by atoms with Gasteiger partial charge in [0.1, 0.15) is 5.82 Å². The van der Waals surface area contributed by atoms with Crippen LogP contribution in [0.1, 0.15) is 39.7 Å². The van der Waals surface area contributed by atoms with Crippen molar-refractivity contribution in [1.82, 2.24) is 4.90 Å². The highest BCUT2D eigenvalue weighted by Gasteiger charge is 2.33. The molecule has 4 rings (SSSR count). The summed E-state index contributed by atoms with van der Waals surface area (Å²) in [7, 11) is 0. The lowest BCUT2D eigenvalue weighted by atomic mass is 9.93. The summed E-state index contributed by atoms with van der Waals surface area (Å²) in [5, 5.41) is 1.97. The zero-order valence-electron chi connectivity index (χ0n) is 14.6. The van der Waals surface area contributed by atoms with Gasteiger partial charge in [0.15, 0.2) is 0 Å². The molecule has 2 aromatic carbocycles. The van der Waals surface area contributed by atoms with Crippen LogP contribution in [0.3, 0.4) is 0 Å². The van der Waals surface area contributed by atoms with E-state index in [9.17, 15) is 9.18 Å². The van der Waals surface area contributed by atoms with Crippen LogP contribution in [0.5, 0.6) is 0 Å². The van der Waals surface area contributed by atoms with Gasteiger partial charge in [0.05, 0.1) is 10.9 Å². The van der Waals surface area contributed by atoms with Crippen molar-refractivity contribution in [3.8, 4) is 11.1 Å². The zero-order chi connectivity index (χ0) is 18.1. The number of benzene rings is 2. The number of halogens is 1. The minimum atomic E-state index is -0.239. The minimum absolute atomic E-state index is 0.0604. The second-order valence-corrected chi connectivity index (χ2v) is 7.60. The van der Waals surface area contributed by atoms with Crippen molar-refractivity contribution in [2.45, 2.75) is 25.8 Å². The van der Waals surface area contributed by atoms with Gasteiger partial charge in [-0.15, -0.1) is 11.3 Å². The summed E-state index contributed by atoms with van der Waals surface area (Å²) in [4.78, 5) is 15.9. The molecule has 2 heterocycles. The Labute approximate surface area is 156 Å². The first kappa shape index (κ1) is 17.0. The molecular weight excluding hydrogens is 345 g/mol. The number of rotatable bonds is 3. The van der Waals surface area contributed by atoms with Gasteiger partial charge in [-0.05, 0) is 65.6 Å². The van der Waals surface area contributed by atoms with Gasteiger partial charge in [0, 0.05) is 6.54 Å². The van der Waals surface area contributed by atoms with Gasteiger partial charge >= 0.3 is 0 Å². The zero-order valence-corrected chi connectivity index (χ0v) is 15.4. The molecule has 1 atom stereocenters. The highest BCUT2D eigenvalue weighted by atomic mass is 32.1. The molecule has 1 aliphatic heterocycles. The standard InChI is InChI=1S/C22H20FNOS/c1-15-12-14-26-21(15)22(25)24-13-4-7-20(24)19-6-3-2-5-18(19)16-8-10-17(23)11-9-16/h2-3,5-6,8-12,14,20H,4,7,13H2,1H3/t20-/m1/s1. The van der Waals surface area contributed by atoms with E-state index < -0.39 is 0 Å². The van der Waals surface area contributed by atoms with Crippen LogP contribution in [0.4, 0.5) is 4.39 Å². The normalized spacial score (nSPS) is 16.8. The van der Waals surface area contributed by atoms with Crippen LogP contribution in [-0.4, -0.2) is 17.4 Å². The third-order valence-corrected chi connectivity index (χ3v) is 6.05. The van der Waals surface area contributed by atoms with Crippen LogP contribution in [0, 0.1) is 12.7 Å². The molecule has 1 saturated heterocycles. The van der Waals surface area contributed by atoms with Crippen molar-refractivity contribution in [3.05, 3.63) is 81.8 Å². The molecule has 1 aromatic heterocycles. The first-order valence-electron chi connectivity index (χ1n) is 8.85. The molecule has 1 fully saturated rings. The average Bonchev–Trinajstić information content (AvgIpc) is 3.31. The van der Waals surface area contributed by atoms with E-state index in [2.05, 4.69) is 12.1 Å². The summed E-state index contributed by atoms with van der Waals surface area (Å²) >= 11 is 1.51. The third kappa shape index (κ3) is 3.06. The largest absolute Gasteiger partial charge is 0.331 e. The third-order valence-electron chi connectivity index (χ3n) is 5.05. The highest BCUT2D eigenvalue weighted by molar-refractivity contribution is 7.12. The predicted molar refractivity (Wildman–Crippen MR) is 104 cm³/mol. The number of carbonyl (C=O) groups is 1. The molecule has 0 radical (unpaired) electrons. The second-order valence-electron chi connectivity index (χ2n) is 6.68. The van der Waals surface area contributed by atoms with Gasteiger partial charge in [0.25, 0.3) is 5.91 Å². The van der Waals surface area contributed by atoms with E-state index in [-0.39, 0.29) is 17.8 Å². The minimum Gasteiger partial charge on any atom is -0.331 e. The molecule has 1 amide bonds. The summed E-state index contributed by atoms with van der Waals surface area (Å²) in [6.07, 6.45) is 1.95. The Morgan fingerprint density at radius 1 is 1.12 bits per heavy atom. The summed E-state index contributed by atoms with van der Waals surface area (Å²) < 4.78 is 13.3. The van der Waals surface area contributed by atoms with Crippen molar-refractivity contribution >= 4 is 17.2 Å². The fraction of sp³-hybridized carbons (Fsp3) is 0.227. The number of nitrogens with zero attached hydrogens (tertiary/aromatic N) is 1. The van der Waals surface area contributed by atoms with Crippen LogP contribution in [0.15, 0.2) is 60.0 Å². The Kier molecular flexibility index (Phi) is 4.60. The number of hydrogen-bond donors (Lipinski definition) is 0. The fourth-order valence-electron chi connectivity index (χ4n) is 3.74. The number of carbonyl (C=O) groups excluding carboxylic acids is 1. The molecule has 2 nitrogen and oxygen atoms in total. The molecule has 0 N–H and O–H groups in total. The van der Waals surface area contributed by atoms with Gasteiger partial charge in [0.2, 0.25) is 0 Å². The molecule has 26 heavy (non-hydrogen) atoms. The van der Waals surface area contributed by atoms with E-state index in [0.29, 0.717) is 0 Å². The summed E-state index contributed by atoms with van der Waals surface area (Å²) in [5.41, 5.74) is 4.23. The van der Waals surface area contributed by atoms with E-state index in [1.165, 1.54) is 23.5 Å². The lowest BCUT2D eigenvalue weighted by Gasteiger charge is -2.27. The van der Waals surface area contributed by atoms with Crippen molar-refractivity contribution in [3.63, 3.8) is 0 Å². The van der Waals surface area contributed by atoms with E-state index >= 15 is 0 Å². The molecule has 4 heteroatoms. The van der Waals surface area contributed by atoms with Gasteiger partial charge in [-0.25, -0.2) is 4.39 Å².